The van der Waals surface area contributed by atoms with Gasteiger partial charge in [0.2, 0.25) is 0 Å². The van der Waals surface area contributed by atoms with Crippen molar-refractivity contribution in [1.29, 1.82) is 0 Å². The van der Waals surface area contributed by atoms with Crippen LogP contribution in [0.3, 0.4) is 0 Å². The second-order valence-corrected chi connectivity index (χ2v) is 5.36. The van der Waals surface area contributed by atoms with Gasteiger partial charge in [-0.25, -0.2) is 13.2 Å². The topological polar surface area (TPSA) is 89.3 Å². The van der Waals surface area contributed by atoms with Gasteiger partial charge in [-0.2, -0.15) is 0 Å². The first-order valence-corrected chi connectivity index (χ1v) is 6.26. The Morgan fingerprint density at radius 3 is 2.53 bits per heavy atom. The first-order valence-electron chi connectivity index (χ1n) is 4.20. The SMILES string of the molecule is CS(=O)(=O)Cc1ccccc1NC(N)=O. The lowest BCUT2D eigenvalue weighted by Crippen LogP contribution is -2.20. The molecule has 1 rings (SSSR count). The molecule has 0 unspecified atom stereocenters. The minimum absolute atomic E-state index is 0.122. The third kappa shape index (κ3) is 3.99. The van der Waals surface area contributed by atoms with Gasteiger partial charge in [-0.05, 0) is 11.6 Å². The van der Waals surface area contributed by atoms with Crippen molar-refractivity contribution in [3.63, 3.8) is 0 Å². The van der Waals surface area contributed by atoms with E-state index in [0.29, 0.717) is 11.3 Å². The van der Waals surface area contributed by atoms with Crippen LogP contribution in [0.4, 0.5) is 10.5 Å². The molecule has 0 saturated heterocycles. The highest BCUT2D eigenvalue weighted by atomic mass is 32.2. The molecule has 0 aliphatic heterocycles. The molecule has 0 bridgehead atoms. The molecule has 0 atom stereocenters. The quantitative estimate of drug-likeness (QED) is 0.798. The first-order chi connectivity index (χ1) is 6.88. The van der Waals surface area contributed by atoms with E-state index >= 15 is 0 Å². The van der Waals surface area contributed by atoms with Gasteiger partial charge in [-0.1, -0.05) is 18.2 Å². The predicted octanol–water partition coefficient (Wildman–Crippen LogP) is 0.722. The van der Waals surface area contributed by atoms with Crippen molar-refractivity contribution in [2.24, 2.45) is 5.73 Å². The van der Waals surface area contributed by atoms with Crippen molar-refractivity contribution in [2.45, 2.75) is 5.75 Å². The number of nitrogens with one attached hydrogen (secondary N) is 1. The van der Waals surface area contributed by atoms with Crippen molar-refractivity contribution < 1.29 is 13.2 Å². The number of amides is 2. The number of hydrogen-bond acceptors (Lipinski definition) is 3. The molecule has 5 nitrogen and oxygen atoms in total. The Labute approximate surface area is 88.2 Å². The molecule has 0 saturated carbocycles. The Morgan fingerprint density at radius 1 is 1.40 bits per heavy atom. The molecule has 0 radical (unpaired) electrons. The maximum Gasteiger partial charge on any atom is 0.316 e. The second kappa shape index (κ2) is 4.31. The van der Waals surface area contributed by atoms with E-state index in [4.69, 9.17) is 5.73 Å². The molecule has 1 aromatic carbocycles. The van der Waals surface area contributed by atoms with Crippen LogP contribution in [0.5, 0.6) is 0 Å². The Balaban J connectivity index is 3.01. The van der Waals surface area contributed by atoms with Gasteiger partial charge in [0.05, 0.1) is 5.75 Å². The van der Waals surface area contributed by atoms with Crippen molar-refractivity contribution in [1.82, 2.24) is 0 Å². The zero-order chi connectivity index (χ0) is 11.5. The molecule has 0 heterocycles. The second-order valence-electron chi connectivity index (χ2n) is 3.22. The Morgan fingerprint density at radius 2 is 2.00 bits per heavy atom. The number of rotatable bonds is 3. The zero-order valence-corrected chi connectivity index (χ0v) is 9.04. The highest BCUT2D eigenvalue weighted by Crippen LogP contribution is 2.17. The number of benzene rings is 1. The summed E-state index contributed by atoms with van der Waals surface area (Å²) in [6.45, 7) is 0. The summed E-state index contributed by atoms with van der Waals surface area (Å²) >= 11 is 0. The Hall–Kier alpha value is -1.56. The summed E-state index contributed by atoms with van der Waals surface area (Å²) in [7, 11) is -3.13. The van der Waals surface area contributed by atoms with Crippen LogP contribution in [0, 0.1) is 0 Å². The van der Waals surface area contributed by atoms with Crippen LogP contribution >= 0.6 is 0 Å². The van der Waals surface area contributed by atoms with Gasteiger partial charge in [0.1, 0.15) is 0 Å². The van der Waals surface area contributed by atoms with Gasteiger partial charge in [-0.15, -0.1) is 0 Å². The van der Waals surface area contributed by atoms with Crippen LogP contribution < -0.4 is 11.1 Å². The van der Waals surface area contributed by atoms with Crippen molar-refractivity contribution >= 4 is 21.6 Å². The molecule has 2 amide bonds. The van der Waals surface area contributed by atoms with Crippen LogP contribution in [0.2, 0.25) is 0 Å². The van der Waals surface area contributed by atoms with Crippen molar-refractivity contribution in [2.75, 3.05) is 11.6 Å². The summed E-state index contributed by atoms with van der Waals surface area (Å²) in [5, 5.41) is 2.37. The van der Waals surface area contributed by atoms with E-state index < -0.39 is 15.9 Å². The van der Waals surface area contributed by atoms with Crippen LogP contribution in [-0.2, 0) is 15.6 Å². The molecule has 82 valence electrons. The molecule has 1 aromatic rings. The zero-order valence-electron chi connectivity index (χ0n) is 8.23. The van der Waals surface area contributed by atoms with Crippen LogP contribution in [0.25, 0.3) is 0 Å². The molecule has 0 fully saturated rings. The molecule has 0 aliphatic rings. The normalized spacial score (nSPS) is 11.0. The van der Waals surface area contributed by atoms with E-state index in [0.717, 1.165) is 6.26 Å². The molecule has 0 aromatic heterocycles. The molecule has 15 heavy (non-hydrogen) atoms. The standard InChI is InChI=1S/C9H12N2O3S/c1-15(13,14)6-7-4-2-3-5-8(7)11-9(10)12/h2-5H,6H2,1H3,(H3,10,11,12). The number of carbonyl (C=O) groups is 1. The summed E-state index contributed by atoms with van der Waals surface area (Å²) in [5.74, 6) is -0.122. The maximum absolute atomic E-state index is 11.1. The van der Waals surface area contributed by atoms with Gasteiger partial charge in [0, 0.05) is 11.9 Å². The summed E-state index contributed by atoms with van der Waals surface area (Å²) in [4.78, 5) is 10.6. The minimum atomic E-state index is -3.13. The summed E-state index contributed by atoms with van der Waals surface area (Å²) in [6, 6.07) is 5.91. The number of para-hydroxylation sites is 1. The predicted molar refractivity (Wildman–Crippen MR) is 58.2 cm³/mol. The summed E-state index contributed by atoms with van der Waals surface area (Å²) < 4.78 is 22.2. The summed E-state index contributed by atoms with van der Waals surface area (Å²) in [5.41, 5.74) is 5.91. The lowest BCUT2D eigenvalue weighted by atomic mass is 10.2. The largest absolute Gasteiger partial charge is 0.351 e. The fourth-order valence-electron chi connectivity index (χ4n) is 1.18. The van der Waals surface area contributed by atoms with E-state index in [1.165, 1.54) is 0 Å². The smallest absolute Gasteiger partial charge is 0.316 e. The first kappa shape index (κ1) is 11.5. The van der Waals surface area contributed by atoms with Gasteiger partial charge in [0.15, 0.2) is 9.84 Å². The van der Waals surface area contributed by atoms with E-state index in [2.05, 4.69) is 5.32 Å². The monoisotopic (exact) mass is 228 g/mol. The molecule has 6 heteroatoms. The number of sulfone groups is 1. The fraction of sp³-hybridized carbons (Fsp3) is 0.222. The number of hydrogen-bond donors (Lipinski definition) is 2. The number of carbonyl (C=O) groups excluding carboxylic acids is 1. The Kier molecular flexibility index (Phi) is 3.31. The van der Waals surface area contributed by atoms with Gasteiger partial charge < -0.3 is 11.1 Å². The maximum atomic E-state index is 11.1. The fourth-order valence-corrected chi connectivity index (χ4v) is 2.00. The lowest BCUT2D eigenvalue weighted by molar-refractivity contribution is 0.259. The number of anilines is 1. The van der Waals surface area contributed by atoms with Gasteiger partial charge in [-0.3, -0.25) is 0 Å². The van der Waals surface area contributed by atoms with E-state index in [-0.39, 0.29) is 5.75 Å². The van der Waals surface area contributed by atoms with Crippen molar-refractivity contribution in [3.8, 4) is 0 Å². The molecule has 0 spiro atoms. The van der Waals surface area contributed by atoms with E-state index in [1.807, 2.05) is 0 Å². The number of primary amides is 1. The summed E-state index contributed by atoms with van der Waals surface area (Å²) in [6.07, 6.45) is 1.13. The molecule has 3 N–H and O–H groups in total. The van der Waals surface area contributed by atoms with E-state index in [1.54, 1.807) is 24.3 Å². The van der Waals surface area contributed by atoms with Crippen molar-refractivity contribution in [3.05, 3.63) is 29.8 Å². The number of nitrogens with two attached hydrogens (primary N) is 1. The third-order valence-electron chi connectivity index (χ3n) is 1.69. The lowest BCUT2D eigenvalue weighted by Gasteiger charge is -2.07. The van der Waals surface area contributed by atoms with Crippen LogP contribution in [0.15, 0.2) is 24.3 Å². The average molecular weight is 228 g/mol. The average Bonchev–Trinajstić information content (AvgIpc) is 2.05. The van der Waals surface area contributed by atoms with Crippen LogP contribution in [0.1, 0.15) is 5.56 Å². The molecule has 0 aliphatic carbocycles. The van der Waals surface area contributed by atoms with E-state index in [9.17, 15) is 13.2 Å². The molecular formula is C9H12N2O3S. The highest BCUT2D eigenvalue weighted by molar-refractivity contribution is 7.89. The third-order valence-corrected chi connectivity index (χ3v) is 2.53. The Bertz CT molecular complexity index is 468. The highest BCUT2D eigenvalue weighted by Gasteiger charge is 2.09. The van der Waals surface area contributed by atoms with Gasteiger partial charge >= 0.3 is 6.03 Å². The molecular weight excluding hydrogens is 216 g/mol. The number of urea groups is 1. The minimum Gasteiger partial charge on any atom is -0.351 e. The van der Waals surface area contributed by atoms with Crippen LogP contribution in [-0.4, -0.2) is 20.7 Å². The van der Waals surface area contributed by atoms with Gasteiger partial charge in [0.25, 0.3) is 0 Å².